The lowest BCUT2D eigenvalue weighted by molar-refractivity contribution is 0.806. The summed E-state index contributed by atoms with van der Waals surface area (Å²) in [4.78, 5) is 1.28. The summed E-state index contributed by atoms with van der Waals surface area (Å²) < 4.78 is 0. The van der Waals surface area contributed by atoms with Crippen LogP contribution in [0.5, 0.6) is 0 Å². The Labute approximate surface area is 100 Å². The molecule has 0 bridgehead atoms. The van der Waals surface area contributed by atoms with E-state index in [0.717, 1.165) is 5.69 Å². The third kappa shape index (κ3) is 2.62. The highest BCUT2D eigenvalue weighted by Crippen LogP contribution is 2.23. The van der Waals surface area contributed by atoms with Crippen LogP contribution in [0.3, 0.4) is 0 Å². The van der Waals surface area contributed by atoms with Gasteiger partial charge in [-0.2, -0.15) is 0 Å². The minimum absolute atomic E-state index is 0.210. The maximum atomic E-state index is 5.79. The van der Waals surface area contributed by atoms with E-state index in [1.54, 1.807) is 11.3 Å². The summed E-state index contributed by atoms with van der Waals surface area (Å²) in [5.74, 6) is 0. The molecule has 0 radical (unpaired) electrons. The molecular weight excluding hydrogens is 216 g/mol. The van der Waals surface area contributed by atoms with Crippen LogP contribution in [0.4, 0.5) is 5.69 Å². The molecule has 0 saturated carbocycles. The molecule has 84 valence electrons. The van der Waals surface area contributed by atoms with Gasteiger partial charge in [0, 0.05) is 17.1 Å². The van der Waals surface area contributed by atoms with E-state index < -0.39 is 0 Å². The van der Waals surface area contributed by atoms with Crippen LogP contribution in [0.15, 0.2) is 41.8 Å². The van der Waals surface area contributed by atoms with Gasteiger partial charge in [0.25, 0.3) is 0 Å². The lowest BCUT2D eigenvalue weighted by Gasteiger charge is -2.17. The summed E-state index contributed by atoms with van der Waals surface area (Å²) in [5.41, 5.74) is 8.18. The number of rotatable bonds is 4. The molecule has 3 heteroatoms. The van der Waals surface area contributed by atoms with E-state index in [1.807, 2.05) is 0 Å². The van der Waals surface area contributed by atoms with Gasteiger partial charge in [0.05, 0.1) is 6.04 Å². The molecule has 1 atom stereocenters. The molecular formula is C13H16N2S. The first-order chi connectivity index (χ1) is 7.79. The fraction of sp³-hybridized carbons (Fsp3) is 0.231. The number of anilines is 1. The van der Waals surface area contributed by atoms with E-state index >= 15 is 0 Å². The molecule has 1 aromatic carbocycles. The van der Waals surface area contributed by atoms with Crippen LogP contribution < -0.4 is 11.1 Å². The summed E-state index contributed by atoms with van der Waals surface area (Å²) >= 11 is 1.74. The standard InChI is InChI=1S/C13H16N2S/c1-10-4-2-5-11(8-10)15-12(9-14)13-6-3-7-16-13/h2-8,12,15H,9,14H2,1H3. The monoisotopic (exact) mass is 232 g/mol. The molecule has 0 saturated heterocycles. The molecule has 1 aromatic heterocycles. The number of nitrogens with two attached hydrogens (primary N) is 1. The zero-order chi connectivity index (χ0) is 11.4. The molecule has 16 heavy (non-hydrogen) atoms. The molecule has 0 amide bonds. The van der Waals surface area contributed by atoms with Gasteiger partial charge in [-0.1, -0.05) is 18.2 Å². The predicted octanol–water partition coefficient (Wildman–Crippen LogP) is 3.17. The molecule has 1 unspecified atom stereocenters. The Morgan fingerprint density at radius 1 is 1.31 bits per heavy atom. The van der Waals surface area contributed by atoms with Gasteiger partial charge in [-0.3, -0.25) is 0 Å². The van der Waals surface area contributed by atoms with E-state index in [9.17, 15) is 0 Å². The Morgan fingerprint density at radius 3 is 2.81 bits per heavy atom. The maximum absolute atomic E-state index is 5.79. The number of thiophene rings is 1. The van der Waals surface area contributed by atoms with Crippen LogP contribution in [0, 0.1) is 6.92 Å². The summed E-state index contributed by atoms with van der Waals surface area (Å²) in [7, 11) is 0. The number of hydrogen-bond donors (Lipinski definition) is 2. The van der Waals surface area contributed by atoms with Crippen LogP contribution in [0.25, 0.3) is 0 Å². The first-order valence-corrected chi connectivity index (χ1v) is 6.24. The average molecular weight is 232 g/mol. The van der Waals surface area contributed by atoms with E-state index in [1.165, 1.54) is 10.4 Å². The van der Waals surface area contributed by atoms with Crippen molar-refractivity contribution in [2.24, 2.45) is 5.73 Å². The number of hydrogen-bond acceptors (Lipinski definition) is 3. The van der Waals surface area contributed by atoms with Crippen molar-refractivity contribution in [1.82, 2.24) is 0 Å². The second kappa shape index (κ2) is 5.14. The Bertz CT molecular complexity index is 437. The highest BCUT2D eigenvalue weighted by atomic mass is 32.1. The second-order valence-electron chi connectivity index (χ2n) is 3.82. The fourth-order valence-corrected chi connectivity index (χ4v) is 2.46. The molecule has 0 aliphatic carbocycles. The van der Waals surface area contributed by atoms with Crippen molar-refractivity contribution >= 4 is 17.0 Å². The van der Waals surface area contributed by atoms with Crippen molar-refractivity contribution in [2.75, 3.05) is 11.9 Å². The summed E-state index contributed by atoms with van der Waals surface area (Å²) in [6, 6.07) is 12.7. The van der Waals surface area contributed by atoms with Crippen molar-refractivity contribution in [3.05, 3.63) is 52.2 Å². The Morgan fingerprint density at radius 2 is 2.19 bits per heavy atom. The summed E-state index contributed by atoms with van der Waals surface area (Å²) in [5, 5.41) is 5.54. The van der Waals surface area contributed by atoms with Gasteiger partial charge in [0.1, 0.15) is 0 Å². The van der Waals surface area contributed by atoms with Crippen LogP contribution in [-0.2, 0) is 0 Å². The van der Waals surface area contributed by atoms with Gasteiger partial charge >= 0.3 is 0 Å². The van der Waals surface area contributed by atoms with Crippen LogP contribution in [0.2, 0.25) is 0 Å². The van der Waals surface area contributed by atoms with E-state index in [2.05, 4.69) is 54.0 Å². The lowest BCUT2D eigenvalue weighted by atomic mass is 10.2. The van der Waals surface area contributed by atoms with Crippen molar-refractivity contribution in [2.45, 2.75) is 13.0 Å². The molecule has 2 rings (SSSR count). The van der Waals surface area contributed by atoms with Gasteiger partial charge in [0.2, 0.25) is 0 Å². The van der Waals surface area contributed by atoms with E-state index in [4.69, 9.17) is 5.73 Å². The zero-order valence-corrected chi connectivity index (χ0v) is 10.1. The number of nitrogens with one attached hydrogen (secondary N) is 1. The third-order valence-electron chi connectivity index (χ3n) is 2.48. The average Bonchev–Trinajstić information content (AvgIpc) is 2.79. The van der Waals surface area contributed by atoms with Crippen molar-refractivity contribution < 1.29 is 0 Å². The Kier molecular flexibility index (Phi) is 3.59. The van der Waals surface area contributed by atoms with Gasteiger partial charge in [-0.25, -0.2) is 0 Å². The smallest absolute Gasteiger partial charge is 0.0728 e. The third-order valence-corrected chi connectivity index (χ3v) is 3.47. The van der Waals surface area contributed by atoms with E-state index in [-0.39, 0.29) is 6.04 Å². The first-order valence-electron chi connectivity index (χ1n) is 5.36. The lowest BCUT2D eigenvalue weighted by Crippen LogP contribution is -2.19. The highest BCUT2D eigenvalue weighted by Gasteiger charge is 2.09. The van der Waals surface area contributed by atoms with Crippen molar-refractivity contribution in [3.63, 3.8) is 0 Å². The first kappa shape index (κ1) is 11.2. The summed E-state index contributed by atoms with van der Waals surface area (Å²) in [6.45, 7) is 2.70. The second-order valence-corrected chi connectivity index (χ2v) is 4.80. The van der Waals surface area contributed by atoms with Gasteiger partial charge in [0.15, 0.2) is 0 Å². The van der Waals surface area contributed by atoms with Crippen LogP contribution in [0.1, 0.15) is 16.5 Å². The van der Waals surface area contributed by atoms with E-state index in [0.29, 0.717) is 6.54 Å². The van der Waals surface area contributed by atoms with Gasteiger partial charge in [-0.05, 0) is 36.1 Å². The quantitative estimate of drug-likeness (QED) is 0.849. The number of benzene rings is 1. The largest absolute Gasteiger partial charge is 0.376 e. The highest BCUT2D eigenvalue weighted by molar-refractivity contribution is 7.10. The maximum Gasteiger partial charge on any atom is 0.0728 e. The molecule has 0 fully saturated rings. The van der Waals surface area contributed by atoms with Crippen LogP contribution in [-0.4, -0.2) is 6.54 Å². The van der Waals surface area contributed by atoms with Crippen molar-refractivity contribution in [1.29, 1.82) is 0 Å². The topological polar surface area (TPSA) is 38.0 Å². The molecule has 0 aliphatic heterocycles. The molecule has 2 aromatic rings. The minimum atomic E-state index is 0.210. The summed E-state index contributed by atoms with van der Waals surface area (Å²) in [6.07, 6.45) is 0. The Hall–Kier alpha value is -1.32. The predicted molar refractivity (Wildman–Crippen MR) is 70.9 cm³/mol. The number of aryl methyl sites for hydroxylation is 1. The SMILES string of the molecule is Cc1cccc(NC(CN)c2cccs2)c1. The van der Waals surface area contributed by atoms with Crippen LogP contribution >= 0.6 is 11.3 Å². The minimum Gasteiger partial charge on any atom is -0.376 e. The van der Waals surface area contributed by atoms with Gasteiger partial charge < -0.3 is 11.1 Å². The van der Waals surface area contributed by atoms with Gasteiger partial charge in [-0.15, -0.1) is 11.3 Å². The molecule has 0 spiro atoms. The molecule has 0 aliphatic rings. The normalized spacial score (nSPS) is 12.4. The fourth-order valence-electron chi connectivity index (χ4n) is 1.67. The van der Waals surface area contributed by atoms with Crippen molar-refractivity contribution in [3.8, 4) is 0 Å². The zero-order valence-electron chi connectivity index (χ0n) is 9.31. The molecule has 1 heterocycles. The molecule has 3 N–H and O–H groups in total. The molecule has 2 nitrogen and oxygen atoms in total. The Balaban J connectivity index is 2.13.